The summed E-state index contributed by atoms with van der Waals surface area (Å²) in [4.78, 5) is 42.4. The van der Waals surface area contributed by atoms with Crippen LogP contribution < -0.4 is 10.6 Å². The van der Waals surface area contributed by atoms with E-state index in [1.807, 2.05) is 36.4 Å². The molecular weight excluding hydrogens is 424 g/mol. The Morgan fingerprint density at radius 2 is 1.73 bits per heavy atom. The van der Waals surface area contributed by atoms with Crippen LogP contribution in [0.3, 0.4) is 0 Å². The van der Waals surface area contributed by atoms with Crippen LogP contribution in [0.15, 0.2) is 61.1 Å². The molecular formula is C24H24N4O5. The maximum Gasteiger partial charge on any atom is 0.407 e. The summed E-state index contributed by atoms with van der Waals surface area (Å²) in [5.74, 6) is -1.70. The SMILES string of the molecule is O=C(CCNC(=O)OCC1c2ccccc2-c2ccccc21)N[C@@H](Cc1c[nH]cn1)C(=O)O. The fourth-order valence-corrected chi connectivity index (χ4v) is 4.01. The largest absolute Gasteiger partial charge is 0.480 e. The average Bonchev–Trinajstić information content (AvgIpc) is 3.43. The molecule has 0 saturated heterocycles. The van der Waals surface area contributed by atoms with E-state index in [2.05, 4.69) is 32.7 Å². The predicted octanol–water partition coefficient (Wildman–Crippen LogP) is 2.45. The zero-order chi connectivity index (χ0) is 23.2. The number of carbonyl (C=O) groups excluding carboxylic acids is 2. The number of nitrogens with one attached hydrogen (secondary N) is 3. The molecule has 4 N–H and O–H groups in total. The molecule has 9 heteroatoms. The van der Waals surface area contributed by atoms with Crippen LogP contribution in [0.5, 0.6) is 0 Å². The summed E-state index contributed by atoms with van der Waals surface area (Å²) in [6, 6.07) is 15.0. The fourth-order valence-electron chi connectivity index (χ4n) is 4.01. The number of H-pyrrole nitrogens is 1. The molecule has 33 heavy (non-hydrogen) atoms. The Hall–Kier alpha value is -4.14. The number of aromatic amines is 1. The highest BCUT2D eigenvalue weighted by atomic mass is 16.5. The van der Waals surface area contributed by atoms with Crippen molar-refractivity contribution >= 4 is 18.0 Å². The number of carbonyl (C=O) groups is 3. The van der Waals surface area contributed by atoms with Crippen molar-refractivity contribution in [3.05, 3.63) is 77.9 Å². The number of amides is 2. The first-order valence-corrected chi connectivity index (χ1v) is 10.6. The molecule has 2 amide bonds. The third kappa shape index (κ3) is 5.20. The van der Waals surface area contributed by atoms with Crippen LogP contribution in [0.25, 0.3) is 11.1 Å². The van der Waals surface area contributed by atoms with Gasteiger partial charge in [-0.1, -0.05) is 48.5 Å². The second-order valence-electron chi connectivity index (χ2n) is 7.73. The number of benzene rings is 2. The van der Waals surface area contributed by atoms with Gasteiger partial charge < -0.3 is 25.5 Å². The van der Waals surface area contributed by atoms with Gasteiger partial charge in [0.25, 0.3) is 0 Å². The molecule has 170 valence electrons. The van der Waals surface area contributed by atoms with Gasteiger partial charge in [-0.05, 0) is 22.3 Å². The molecule has 9 nitrogen and oxygen atoms in total. The third-order valence-corrected chi connectivity index (χ3v) is 5.57. The number of carboxylic acid groups (broad SMARTS) is 1. The maximum absolute atomic E-state index is 12.2. The minimum Gasteiger partial charge on any atom is -0.480 e. The van der Waals surface area contributed by atoms with Crippen molar-refractivity contribution in [1.82, 2.24) is 20.6 Å². The first kappa shape index (κ1) is 22.1. The molecule has 0 aliphatic heterocycles. The van der Waals surface area contributed by atoms with Gasteiger partial charge in [-0.3, -0.25) is 4.79 Å². The molecule has 0 spiro atoms. The van der Waals surface area contributed by atoms with E-state index < -0.39 is 24.0 Å². The number of alkyl carbamates (subject to hydrolysis) is 1. The highest BCUT2D eigenvalue weighted by Crippen LogP contribution is 2.44. The molecule has 1 aliphatic carbocycles. The molecule has 3 aromatic rings. The lowest BCUT2D eigenvalue weighted by Crippen LogP contribution is -2.43. The van der Waals surface area contributed by atoms with Crippen LogP contribution in [0.4, 0.5) is 4.79 Å². The highest BCUT2D eigenvalue weighted by Gasteiger charge is 2.29. The quantitative estimate of drug-likeness (QED) is 0.397. The van der Waals surface area contributed by atoms with Crippen molar-refractivity contribution in [1.29, 1.82) is 0 Å². The van der Waals surface area contributed by atoms with E-state index in [-0.39, 0.29) is 31.9 Å². The Morgan fingerprint density at radius 3 is 2.33 bits per heavy atom. The number of imidazole rings is 1. The average molecular weight is 448 g/mol. The number of aromatic nitrogens is 2. The van der Waals surface area contributed by atoms with Crippen molar-refractivity contribution in [2.24, 2.45) is 0 Å². The lowest BCUT2D eigenvalue weighted by Gasteiger charge is -2.15. The van der Waals surface area contributed by atoms with Crippen LogP contribution in [0.2, 0.25) is 0 Å². The van der Waals surface area contributed by atoms with Crippen molar-refractivity contribution in [3.8, 4) is 11.1 Å². The molecule has 0 bridgehead atoms. The Morgan fingerprint density at radius 1 is 1.06 bits per heavy atom. The molecule has 1 heterocycles. The second-order valence-corrected chi connectivity index (χ2v) is 7.73. The molecule has 1 aliphatic rings. The summed E-state index contributed by atoms with van der Waals surface area (Å²) < 4.78 is 5.42. The second kappa shape index (κ2) is 9.99. The highest BCUT2D eigenvalue weighted by molar-refractivity contribution is 5.84. The molecule has 0 saturated carbocycles. The van der Waals surface area contributed by atoms with Crippen molar-refractivity contribution in [3.63, 3.8) is 0 Å². The van der Waals surface area contributed by atoms with Crippen LogP contribution in [0.1, 0.15) is 29.2 Å². The number of nitrogens with zero attached hydrogens (tertiary/aromatic N) is 1. The summed E-state index contributed by atoms with van der Waals surface area (Å²) >= 11 is 0. The number of fused-ring (bicyclic) bond motifs is 3. The van der Waals surface area contributed by atoms with Gasteiger partial charge in [0.05, 0.1) is 12.0 Å². The number of carboxylic acids is 1. The van der Waals surface area contributed by atoms with Gasteiger partial charge in [-0.15, -0.1) is 0 Å². The Labute approximate surface area is 190 Å². The lowest BCUT2D eigenvalue weighted by atomic mass is 9.98. The van der Waals surface area contributed by atoms with Crippen LogP contribution in [-0.4, -0.2) is 52.2 Å². The van der Waals surface area contributed by atoms with Crippen molar-refractivity contribution < 1.29 is 24.2 Å². The van der Waals surface area contributed by atoms with E-state index >= 15 is 0 Å². The number of ether oxygens (including phenoxy) is 1. The van der Waals surface area contributed by atoms with Gasteiger partial charge in [-0.2, -0.15) is 0 Å². The smallest absolute Gasteiger partial charge is 0.407 e. The normalized spacial score (nSPS) is 13.0. The van der Waals surface area contributed by atoms with Gasteiger partial charge in [0, 0.05) is 31.5 Å². The van der Waals surface area contributed by atoms with Gasteiger partial charge in [0.1, 0.15) is 12.6 Å². The van der Waals surface area contributed by atoms with E-state index in [0.717, 1.165) is 22.3 Å². The van der Waals surface area contributed by atoms with Crippen molar-refractivity contribution in [2.75, 3.05) is 13.2 Å². The van der Waals surface area contributed by atoms with E-state index in [0.29, 0.717) is 5.69 Å². The molecule has 4 rings (SSSR count). The summed E-state index contributed by atoms with van der Waals surface area (Å²) in [6.07, 6.45) is 2.37. The third-order valence-electron chi connectivity index (χ3n) is 5.57. The summed E-state index contributed by atoms with van der Waals surface area (Å²) in [7, 11) is 0. The fraction of sp³-hybridized carbons (Fsp3) is 0.250. The molecule has 1 aromatic heterocycles. The van der Waals surface area contributed by atoms with E-state index in [1.165, 1.54) is 6.33 Å². The summed E-state index contributed by atoms with van der Waals surface area (Å²) in [5, 5.41) is 14.3. The molecule has 0 unspecified atom stereocenters. The first-order chi connectivity index (χ1) is 16.0. The van der Waals surface area contributed by atoms with Crippen LogP contribution in [-0.2, 0) is 20.7 Å². The standard InChI is InChI=1S/C24H24N4O5/c29-22(28-21(23(30)31)11-15-12-25-14-27-15)9-10-26-24(32)33-13-20-18-7-3-1-5-16(18)17-6-2-4-8-19(17)20/h1-8,12,14,20-21H,9-11,13H2,(H,25,27)(H,26,32)(H,28,29)(H,30,31)/t21-/m0/s1. The van der Waals surface area contributed by atoms with Crippen molar-refractivity contribution in [2.45, 2.75) is 24.8 Å². The van der Waals surface area contributed by atoms with E-state index in [9.17, 15) is 19.5 Å². The summed E-state index contributed by atoms with van der Waals surface area (Å²) in [5.41, 5.74) is 5.03. The zero-order valence-corrected chi connectivity index (χ0v) is 17.8. The predicted molar refractivity (Wildman–Crippen MR) is 120 cm³/mol. The van der Waals surface area contributed by atoms with Crippen LogP contribution in [0, 0.1) is 0 Å². The van der Waals surface area contributed by atoms with E-state index in [1.54, 1.807) is 6.20 Å². The Balaban J connectivity index is 1.24. The molecule has 0 fully saturated rings. The summed E-state index contributed by atoms with van der Waals surface area (Å²) in [6.45, 7) is 0.202. The zero-order valence-electron chi connectivity index (χ0n) is 17.8. The maximum atomic E-state index is 12.2. The Bertz CT molecular complexity index is 1100. The topological polar surface area (TPSA) is 133 Å². The molecule has 2 aromatic carbocycles. The monoisotopic (exact) mass is 448 g/mol. The first-order valence-electron chi connectivity index (χ1n) is 10.6. The number of rotatable bonds is 9. The van der Waals surface area contributed by atoms with Crippen LogP contribution >= 0.6 is 0 Å². The number of hydrogen-bond donors (Lipinski definition) is 4. The van der Waals surface area contributed by atoms with Gasteiger partial charge in [0.15, 0.2) is 0 Å². The number of hydrogen-bond acceptors (Lipinski definition) is 5. The van der Waals surface area contributed by atoms with Gasteiger partial charge in [-0.25, -0.2) is 14.6 Å². The minimum absolute atomic E-state index is 0.0251. The van der Waals surface area contributed by atoms with E-state index in [4.69, 9.17) is 4.74 Å². The molecule has 0 radical (unpaired) electrons. The lowest BCUT2D eigenvalue weighted by molar-refractivity contribution is -0.141. The number of aliphatic carboxylic acids is 1. The Kier molecular flexibility index (Phi) is 6.68. The van der Waals surface area contributed by atoms with Gasteiger partial charge in [0.2, 0.25) is 5.91 Å². The molecule has 1 atom stereocenters. The van der Waals surface area contributed by atoms with Gasteiger partial charge >= 0.3 is 12.1 Å². The minimum atomic E-state index is -1.16.